The first-order valence-corrected chi connectivity index (χ1v) is 6.08. The maximum absolute atomic E-state index is 5.36. The van der Waals surface area contributed by atoms with E-state index in [1.54, 1.807) is 14.2 Å². The van der Waals surface area contributed by atoms with Crippen molar-refractivity contribution >= 4 is 12.2 Å². The van der Waals surface area contributed by atoms with Crippen molar-refractivity contribution in [3.63, 3.8) is 0 Å². The summed E-state index contributed by atoms with van der Waals surface area (Å²) in [5.41, 5.74) is 2.17. The van der Waals surface area contributed by atoms with E-state index in [-0.39, 0.29) is 24.0 Å². The predicted molar refractivity (Wildman–Crippen MR) is 76.1 cm³/mol. The van der Waals surface area contributed by atoms with Gasteiger partial charge in [0.15, 0.2) is 12.4 Å². The van der Waals surface area contributed by atoms with Crippen LogP contribution in [0, 0.1) is 0 Å². The first-order chi connectivity index (χ1) is 9.22. The lowest BCUT2D eigenvalue weighted by atomic mass is 10.1. The molecule has 4 heteroatoms. The summed E-state index contributed by atoms with van der Waals surface area (Å²) in [5.74, 6) is 1.60. The van der Waals surface area contributed by atoms with Crippen molar-refractivity contribution in [2.75, 3.05) is 14.2 Å². The van der Waals surface area contributed by atoms with Crippen molar-refractivity contribution in [3.05, 3.63) is 53.9 Å². The van der Waals surface area contributed by atoms with Crippen LogP contribution in [0.1, 0.15) is 11.1 Å². The van der Waals surface area contributed by atoms with Crippen LogP contribution >= 0.6 is 0 Å². The van der Waals surface area contributed by atoms with Crippen LogP contribution in [0.15, 0.2) is 42.7 Å². The van der Waals surface area contributed by atoms with Crippen LogP contribution in [0.3, 0.4) is 0 Å². The molecule has 0 aliphatic carbocycles. The second kappa shape index (κ2) is 7.89. The van der Waals surface area contributed by atoms with Crippen molar-refractivity contribution < 1.29 is 38.0 Å². The van der Waals surface area contributed by atoms with Gasteiger partial charge in [-0.15, -0.1) is 0 Å². The molecule has 0 bridgehead atoms. The molecule has 0 radical (unpaired) electrons. The summed E-state index contributed by atoms with van der Waals surface area (Å²) in [6.45, 7) is 0. The average molecular weight is 383 g/mol. The van der Waals surface area contributed by atoms with Crippen molar-refractivity contribution in [2.45, 2.75) is 0 Å². The molecule has 1 aromatic carbocycles. The number of methoxy groups -OCH3 is 2. The quantitative estimate of drug-likeness (QED) is 0.535. The van der Waals surface area contributed by atoms with Gasteiger partial charge in [0, 0.05) is 23.8 Å². The molecular weight excluding hydrogens is 365 g/mol. The van der Waals surface area contributed by atoms with Crippen LogP contribution in [0.25, 0.3) is 12.2 Å². The van der Waals surface area contributed by atoms with Gasteiger partial charge in [-0.1, -0.05) is 12.2 Å². The third-order valence-electron chi connectivity index (χ3n) is 2.90. The van der Waals surface area contributed by atoms with Crippen molar-refractivity contribution in [3.8, 4) is 11.5 Å². The highest BCUT2D eigenvalue weighted by Gasteiger charge is 2.02. The molecule has 1 heterocycles. The number of halogens is 1. The Balaban J connectivity index is 0.00000200. The zero-order valence-corrected chi connectivity index (χ0v) is 14.0. The van der Waals surface area contributed by atoms with Gasteiger partial charge in [-0.25, -0.2) is 4.57 Å². The van der Waals surface area contributed by atoms with Gasteiger partial charge >= 0.3 is 0 Å². The van der Waals surface area contributed by atoms with Crippen molar-refractivity contribution in [1.82, 2.24) is 0 Å². The number of nitrogens with zero attached hydrogens (tertiary/aromatic N) is 1. The average Bonchev–Trinajstić information content (AvgIpc) is 2.46. The van der Waals surface area contributed by atoms with Crippen LogP contribution in [-0.2, 0) is 7.05 Å². The minimum atomic E-state index is 0. The molecule has 0 fully saturated rings. The van der Waals surface area contributed by atoms with Gasteiger partial charge in [-0.3, -0.25) is 0 Å². The largest absolute Gasteiger partial charge is 1.00 e. The van der Waals surface area contributed by atoms with Crippen LogP contribution < -0.4 is 38.0 Å². The fraction of sp³-hybridized carbons (Fsp3) is 0.188. The molecule has 106 valence electrons. The van der Waals surface area contributed by atoms with Crippen molar-refractivity contribution in [1.29, 1.82) is 0 Å². The fourth-order valence-corrected chi connectivity index (χ4v) is 1.77. The monoisotopic (exact) mass is 383 g/mol. The van der Waals surface area contributed by atoms with E-state index in [1.807, 2.05) is 48.3 Å². The van der Waals surface area contributed by atoms with E-state index in [2.05, 4.69) is 18.2 Å². The number of aryl methyl sites for hydroxylation is 1. The highest BCUT2D eigenvalue weighted by molar-refractivity contribution is 5.72. The Morgan fingerprint density at radius 1 is 0.950 bits per heavy atom. The van der Waals surface area contributed by atoms with Gasteiger partial charge in [0.25, 0.3) is 0 Å². The summed E-state index contributed by atoms with van der Waals surface area (Å²) in [6, 6.07) is 9.91. The minimum absolute atomic E-state index is 0. The lowest BCUT2D eigenvalue weighted by molar-refractivity contribution is -0.671. The molecule has 0 unspecified atom stereocenters. The van der Waals surface area contributed by atoms with Gasteiger partial charge in [0.2, 0.25) is 0 Å². The molecule has 0 atom stereocenters. The van der Waals surface area contributed by atoms with Crippen LogP contribution in [0.2, 0.25) is 0 Å². The Bertz CT molecular complexity index is 580. The molecule has 0 saturated carbocycles. The molecule has 2 rings (SSSR count). The number of aromatic nitrogens is 1. The summed E-state index contributed by atoms with van der Waals surface area (Å²) in [5, 5.41) is 0. The Hall–Kier alpha value is -1.56. The van der Waals surface area contributed by atoms with E-state index < -0.39 is 0 Å². The summed E-state index contributed by atoms with van der Waals surface area (Å²) < 4.78 is 12.5. The Morgan fingerprint density at radius 2 is 1.65 bits per heavy atom. The molecule has 2 aromatic rings. The Labute approximate surface area is 136 Å². The molecule has 0 amide bonds. The lowest BCUT2D eigenvalue weighted by Gasteiger charge is -2.07. The normalized spacial score (nSPS) is 10.2. The van der Waals surface area contributed by atoms with E-state index in [1.165, 1.54) is 0 Å². The zero-order chi connectivity index (χ0) is 13.7. The lowest BCUT2D eigenvalue weighted by Crippen LogP contribution is -3.00. The number of pyridine rings is 1. The van der Waals surface area contributed by atoms with Crippen LogP contribution in [0.4, 0.5) is 0 Å². The summed E-state index contributed by atoms with van der Waals surface area (Å²) >= 11 is 0. The van der Waals surface area contributed by atoms with Gasteiger partial charge in [0.1, 0.15) is 18.5 Å². The number of hydrogen-bond donors (Lipinski definition) is 0. The highest BCUT2D eigenvalue weighted by Crippen LogP contribution is 2.26. The third kappa shape index (κ3) is 4.23. The maximum Gasteiger partial charge on any atom is 0.169 e. The Morgan fingerprint density at radius 3 is 2.25 bits per heavy atom. The molecule has 0 spiro atoms. The number of rotatable bonds is 4. The predicted octanol–water partition coefficient (Wildman–Crippen LogP) is -0.297. The summed E-state index contributed by atoms with van der Waals surface area (Å²) in [7, 11) is 5.31. The highest BCUT2D eigenvalue weighted by atomic mass is 127. The zero-order valence-electron chi connectivity index (χ0n) is 11.8. The SMILES string of the molecule is COc1ccc(/C=C/c2cc[n+](C)cc2)c(OC)c1.[I-]. The first kappa shape index (κ1) is 16.5. The van der Waals surface area contributed by atoms with Gasteiger partial charge in [0.05, 0.1) is 14.2 Å². The maximum atomic E-state index is 5.36. The smallest absolute Gasteiger partial charge is 0.169 e. The van der Waals surface area contributed by atoms with Crippen LogP contribution in [-0.4, -0.2) is 14.2 Å². The minimum Gasteiger partial charge on any atom is -1.00 e. The molecule has 0 N–H and O–H groups in total. The van der Waals surface area contributed by atoms with Gasteiger partial charge < -0.3 is 33.5 Å². The summed E-state index contributed by atoms with van der Waals surface area (Å²) in [6.07, 6.45) is 8.13. The number of ether oxygens (including phenoxy) is 2. The van der Waals surface area contributed by atoms with Crippen molar-refractivity contribution in [2.24, 2.45) is 7.05 Å². The van der Waals surface area contributed by atoms with E-state index in [0.717, 1.165) is 22.6 Å². The standard InChI is InChI=1S/C16H18NO2.HI/c1-17-10-8-13(9-11-17)4-5-14-6-7-15(18-2)12-16(14)19-3;/h4-12H,1-3H3;1H/q+1;/p-1/b5-4+;. The second-order valence-electron chi connectivity index (χ2n) is 4.24. The van der Waals surface area contributed by atoms with Gasteiger partial charge in [-0.2, -0.15) is 0 Å². The van der Waals surface area contributed by atoms with E-state index in [9.17, 15) is 0 Å². The molecule has 20 heavy (non-hydrogen) atoms. The second-order valence-corrected chi connectivity index (χ2v) is 4.24. The van der Waals surface area contributed by atoms with Crippen LogP contribution in [0.5, 0.6) is 11.5 Å². The molecular formula is C16H18INO2. The third-order valence-corrected chi connectivity index (χ3v) is 2.90. The van der Waals surface area contributed by atoms with E-state index in [4.69, 9.17) is 9.47 Å². The number of benzene rings is 1. The first-order valence-electron chi connectivity index (χ1n) is 6.08. The van der Waals surface area contributed by atoms with E-state index >= 15 is 0 Å². The molecule has 1 aromatic heterocycles. The number of hydrogen-bond acceptors (Lipinski definition) is 2. The fourth-order valence-electron chi connectivity index (χ4n) is 1.77. The summed E-state index contributed by atoms with van der Waals surface area (Å²) in [4.78, 5) is 0. The molecule has 0 saturated heterocycles. The topological polar surface area (TPSA) is 22.3 Å². The molecule has 0 aliphatic rings. The Kier molecular flexibility index (Phi) is 6.51. The van der Waals surface area contributed by atoms with Gasteiger partial charge in [-0.05, 0) is 17.7 Å². The molecule has 3 nitrogen and oxygen atoms in total. The molecule has 0 aliphatic heterocycles. The van der Waals surface area contributed by atoms with E-state index in [0.29, 0.717) is 0 Å².